The third-order valence-electron chi connectivity index (χ3n) is 4.71. The van der Waals surface area contributed by atoms with E-state index < -0.39 is 0 Å². The van der Waals surface area contributed by atoms with Gasteiger partial charge in [-0.2, -0.15) is 0 Å². The van der Waals surface area contributed by atoms with Gasteiger partial charge < -0.3 is 5.32 Å². The van der Waals surface area contributed by atoms with Crippen molar-refractivity contribution in [3.05, 3.63) is 70.5 Å². The van der Waals surface area contributed by atoms with Gasteiger partial charge >= 0.3 is 0 Å². The Balaban J connectivity index is 1.76. The number of rotatable bonds is 3. The SMILES string of the molecule is O=c1[nH]sc(-c2cccc(-c3ccccc3)c2)c1C1CCNCC1. The van der Waals surface area contributed by atoms with Crippen molar-refractivity contribution in [2.75, 3.05) is 13.1 Å². The van der Waals surface area contributed by atoms with Crippen molar-refractivity contribution in [3.63, 3.8) is 0 Å². The van der Waals surface area contributed by atoms with Crippen LogP contribution in [0, 0.1) is 0 Å². The molecule has 3 aromatic rings. The predicted molar refractivity (Wildman–Crippen MR) is 101 cm³/mol. The van der Waals surface area contributed by atoms with Crippen LogP contribution >= 0.6 is 11.5 Å². The molecule has 24 heavy (non-hydrogen) atoms. The van der Waals surface area contributed by atoms with Crippen LogP contribution in [0.1, 0.15) is 24.3 Å². The topological polar surface area (TPSA) is 44.9 Å². The van der Waals surface area contributed by atoms with E-state index in [2.05, 4.69) is 58.2 Å². The molecule has 0 aliphatic carbocycles. The lowest BCUT2D eigenvalue weighted by Crippen LogP contribution is -2.28. The molecule has 0 amide bonds. The maximum absolute atomic E-state index is 12.4. The predicted octanol–water partition coefficient (Wildman–Crippen LogP) is 4.24. The summed E-state index contributed by atoms with van der Waals surface area (Å²) in [4.78, 5) is 13.5. The van der Waals surface area contributed by atoms with E-state index in [1.54, 1.807) is 0 Å². The molecule has 0 unspecified atom stereocenters. The van der Waals surface area contributed by atoms with Gasteiger partial charge in [0.1, 0.15) is 0 Å². The zero-order chi connectivity index (χ0) is 16.4. The van der Waals surface area contributed by atoms with Crippen LogP contribution in [0.5, 0.6) is 0 Å². The largest absolute Gasteiger partial charge is 0.317 e. The minimum Gasteiger partial charge on any atom is -0.317 e. The Morgan fingerprint density at radius 2 is 1.58 bits per heavy atom. The van der Waals surface area contributed by atoms with Crippen molar-refractivity contribution in [3.8, 4) is 21.6 Å². The van der Waals surface area contributed by atoms with Gasteiger partial charge in [-0.3, -0.25) is 9.17 Å². The molecule has 1 aliphatic rings. The molecule has 0 radical (unpaired) electrons. The smallest absolute Gasteiger partial charge is 0.262 e. The summed E-state index contributed by atoms with van der Waals surface area (Å²) < 4.78 is 2.96. The molecule has 0 atom stereocenters. The zero-order valence-electron chi connectivity index (χ0n) is 13.4. The molecule has 1 saturated heterocycles. The number of hydrogen-bond acceptors (Lipinski definition) is 3. The zero-order valence-corrected chi connectivity index (χ0v) is 14.2. The molecule has 0 spiro atoms. The molecular formula is C20H20N2OS. The fraction of sp³-hybridized carbons (Fsp3) is 0.250. The Morgan fingerprint density at radius 3 is 2.38 bits per heavy atom. The lowest BCUT2D eigenvalue weighted by Gasteiger charge is -2.22. The van der Waals surface area contributed by atoms with Crippen LogP contribution in [0.4, 0.5) is 0 Å². The summed E-state index contributed by atoms with van der Waals surface area (Å²) in [5.41, 5.74) is 4.59. The number of aromatic nitrogens is 1. The van der Waals surface area contributed by atoms with Gasteiger partial charge in [-0.15, -0.1) is 0 Å². The Bertz CT molecular complexity index is 876. The summed E-state index contributed by atoms with van der Waals surface area (Å²) in [5, 5.41) is 3.38. The molecular weight excluding hydrogens is 316 g/mol. The molecule has 0 bridgehead atoms. The van der Waals surface area contributed by atoms with E-state index in [0.29, 0.717) is 5.92 Å². The lowest BCUT2D eigenvalue weighted by molar-refractivity contribution is 0.459. The van der Waals surface area contributed by atoms with Gasteiger partial charge in [0.15, 0.2) is 0 Å². The number of aromatic amines is 1. The van der Waals surface area contributed by atoms with Gasteiger partial charge in [0.25, 0.3) is 5.56 Å². The third-order valence-corrected chi connectivity index (χ3v) is 5.66. The second-order valence-electron chi connectivity index (χ2n) is 6.25. The van der Waals surface area contributed by atoms with Gasteiger partial charge in [0.05, 0.1) is 4.88 Å². The first-order valence-corrected chi connectivity index (χ1v) is 9.22. The first-order chi connectivity index (χ1) is 11.8. The van der Waals surface area contributed by atoms with Crippen LogP contribution in [0.2, 0.25) is 0 Å². The van der Waals surface area contributed by atoms with E-state index in [1.165, 1.54) is 22.7 Å². The van der Waals surface area contributed by atoms with Gasteiger partial charge in [0.2, 0.25) is 0 Å². The van der Waals surface area contributed by atoms with Crippen LogP contribution in [0.25, 0.3) is 21.6 Å². The Labute approximate surface area is 145 Å². The maximum atomic E-state index is 12.4. The van der Waals surface area contributed by atoms with E-state index in [0.717, 1.165) is 41.9 Å². The van der Waals surface area contributed by atoms with Gasteiger partial charge in [-0.1, -0.05) is 60.1 Å². The highest BCUT2D eigenvalue weighted by Crippen LogP contribution is 2.35. The number of benzene rings is 2. The van der Waals surface area contributed by atoms with Crippen molar-refractivity contribution in [1.29, 1.82) is 0 Å². The molecule has 1 aliphatic heterocycles. The highest BCUT2D eigenvalue weighted by atomic mass is 32.1. The lowest BCUT2D eigenvalue weighted by atomic mass is 9.89. The van der Waals surface area contributed by atoms with E-state index >= 15 is 0 Å². The molecule has 2 aromatic carbocycles. The average molecular weight is 336 g/mol. The van der Waals surface area contributed by atoms with E-state index in [9.17, 15) is 4.79 Å². The standard InChI is InChI=1S/C20H20N2OS/c23-20-18(15-9-11-21-12-10-15)19(24-22-20)17-8-4-7-16(13-17)14-5-2-1-3-6-14/h1-8,13,15,21H,9-12H2,(H,22,23). The maximum Gasteiger partial charge on any atom is 0.262 e. The molecule has 1 fully saturated rings. The summed E-state index contributed by atoms with van der Waals surface area (Å²) >= 11 is 1.47. The average Bonchev–Trinajstić information content (AvgIpc) is 3.05. The fourth-order valence-electron chi connectivity index (χ4n) is 3.48. The molecule has 3 nitrogen and oxygen atoms in total. The summed E-state index contributed by atoms with van der Waals surface area (Å²) in [6.07, 6.45) is 2.07. The van der Waals surface area contributed by atoms with Crippen LogP contribution in [-0.2, 0) is 0 Å². The van der Waals surface area contributed by atoms with Gasteiger partial charge in [0, 0.05) is 5.56 Å². The number of nitrogens with one attached hydrogen (secondary N) is 2. The number of H-pyrrole nitrogens is 1. The van der Waals surface area contributed by atoms with Crippen molar-refractivity contribution >= 4 is 11.5 Å². The van der Waals surface area contributed by atoms with Crippen molar-refractivity contribution in [2.45, 2.75) is 18.8 Å². The van der Waals surface area contributed by atoms with Crippen LogP contribution in [-0.4, -0.2) is 17.5 Å². The first-order valence-electron chi connectivity index (χ1n) is 8.41. The monoisotopic (exact) mass is 336 g/mol. The number of piperidine rings is 1. The molecule has 122 valence electrons. The van der Waals surface area contributed by atoms with Crippen molar-refractivity contribution in [1.82, 2.24) is 9.69 Å². The Hall–Kier alpha value is -2.17. The molecule has 4 rings (SSSR count). The third kappa shape index (κ3) is 2.95. The molecule has 2 N–H and O–H groups in total. The second-order valence-corrected chi connectivity index (χ2v) is 7.06. The molecule has 0 saturated carbocycles. The van der Waals surface area contributed by atoms with Gasteiger partial charge in [-0.05, 0) is 54.6 Å². The minimum atomic E-state index is 0.0898. The van der Waals surface area contributed by atoms with E-state index in [-0.39, 0.29) is 5.56 Å². The van der Waals surface area contributed by atoms with Crippen LogP contribution in [0.15, 0.2) is 59.4 Å². The Morgan fingerprint density at radius 1 is 0.875 bits per heavy atom. The van der Waals surface area contributed by atoms with Crippen molar-refractivity contribution < 1.29 is 0 Å². The summed E-state index contributed by atoms with van der Waals surface area (Å²) in [6.45, 7) is 1.98. The van der Waals surface area contributed by atoms with E-state index in [1.807, 2.05) is 6.07 Å². The molecule has 4 heteroatoms. The Kier molecular flexibility index (Phi) is 4.32. The molecule has 2 heterocycles. The summed E-state index contributed by atoms with van der Waals surface area (Å²) in [6, 6.07) is 18.9. The van der Waals surface area contributed by atoms with Crippen LogP contribution < -0.4 is 10.9 Å². The first kappa shape index (κ1) is 15.4. The summed E-state index contributed by atoms with van der Waals surface area (Å²) in [5.74, 6) is 0.358. The second kappa shape index (κ2) is 6.75. The minimum absolute atomic E-state index is 0.0898. The molecule has 1 aromatic heterocycles. The fourth-order valence-corrected chi connectivity index (χ4v) is 4.40. The van der Waals surface area contributed by atoms with E-state index in [4.69, 9.17) is 0 Å². The quantitative estimate of drug-likeness (QED) is 0.751. The highest BCUT2D eigenvalue weighted by molar-refractivity contribution is 7.09. The highest BCUT2D eigenvalue weighted by Gasteiger charge is 2.23. The number of hydrogen-bond donors (Lipinski definition) is 2. The van der Waals surface area contributed by atoms with Gasteiger partial charge in [-0.25, -0.2) is 0 Å². The summed E-state index contributed by atoms with van der Waals surface area (Å²) in [7, 11) is 0. The normalized spacial score (nSPS) is 15.5. The van der Waals surface area contributed by atoms with Crippen molar-refractivity contribution in [2.24, 2.45) is 0 Å². The van der Waals surface area contributed by atoms with Crippen LogP contribution in [0.3, 0.4) is 0 Å².